The molecule has 0 aromatic heterocycles. The van der Waals surface area contributed by atoms with Crippen LogP contribution < -0.4 is 5.32 Å². The molecule has 1 fully saturated rings. The van der Waals surface area contributed by atoms with Gasteiger partial charge in [-0.3, -0.25) is 9.59 Å². The first-order valence-corrected chi connectivity index (χ1v) is 8.22. The van der Waals surface area contributed by atoms with Crippen molar-refractivity contribution in [2.45, 2.75) is 18.6 Å². The Hall–Kier alpha value is -2.67. The summed E-state index contributed by atoms with van der Waals surface area (Å²) in [4.78, 5) is 22.4. The van der Waals surface area contributed by atoms with Crippen LogP contribution in [0, 0.1) is 0 Å². The predicted molar refractivity (Wildman–Crippen MR) is 95.4 cm³/mol. The second kappa shape index (κ2) is 6.84. The highest BCUT2D eigenvalue weighted by Gasteiger charge is 2.32. The van der Waals surface area contributed by atoms with Crippen LogP contribution in [0.15, 0.2) is 52.7 Å². The van der Waals surface area contributed by atoms with E-state index in [1.807, 2.05) is 49.4 Å². The van der Waals surface area contributed by atoms with Gasteiger partial charge in [0, 0.05) is 5.56 Å². The van der Waals surface area contributed by atoms with Gasteiger partial charge in [-0.15, -0.1) is 5.10 Å². The van der Waals surface area contributed by atoms with Crippen molar-refractivity contribution in [1.82, 2.24) is 5.32 Å². The second-order valence-corrected chi connectivity index (χ2v) is 6.50. The Balaban J connectivity index is 1.84. The molecule has 0 saturated carbocycles. The fourth-order valence-corrected chi connectivity index (χ4v) is 3.37. The maximum Gasteiger partial charge on any atom is 0.305 e. The zero-order valence-corrected chi connectivity index (χ0v) is 13.7. The number of hydrogen-bond acceptors (Lipinski definition) is 5. The van der Waals surface area contributed by atoms with Crippen LogP contribution in [-0.2, 0) is 9.59 Å². The van der Waals surface area contributed by atoms with E-state index in [9.17, 15) is 9.59 Å². The third kappa shape index (κ3) is 3.46. The molecular formula is C17H15N3O3S. The minimum absolute atomic E-state index is 0.235. The largest absolute Gasteiger partial charge is 0.481 e. The SMILES string of the molecule is CC(=NN=C1NC(=O)[C@@H](CC(=O)O)S1)c1cccc2ccccc12. The van der Waals surface area contributed by atoms with Gasteiger partial charge in [0.2, 0.25) is 5.91 Å². The van der Waals surface area contributed by atoms with E-state index < -0.39 is 11.2 Å². The van der Waals surface area contributed by atoms with Gasteiger partial charge in [0.15, 0.2) is 5.17 Å². The number of rotatable bonds is 4. The lowest BCUT2D eigenvalue weighted by atomic mass is 10.0. The lowest BCUT2D eigenvalue weighted by molar-refractivity contribution is -0.138. The Kier molecular flexibility index (Phi) is 4.61. The smallest absolute Gasteiger partial charge is 0.305 e. The summed E-state index contributed by atoms with van der Waals surface area (Å²) in [5.74, 6) is -1.36. The molecule has 0 spiro atoms. The summed E-state index contributed by atoms with van der Waals surface area (Å²) in [5.41, 5.74) is 1.68. The molecule has 24 heavy (non-hydrogen) atoms. The quantitative estimate of drug-likeness (QED) is 0.660. The van der Waals surface area contributed by atoms with Crippen LogP contribution in [0.1, 0.15) is 18.9 Å². The van der Waals surface area contributed by atoms with E-state index in [1.54, 1.807) is 0 Å². The molecule has 3 rings (SSSR count). The summed E-state index contributed by atoms with van der Waals surface area (Å²) in [5, 5.41) is 21.5. The molecule has 2 N–H and O–H groups in total. The maximum atomic E-state index is 11.7. The first-order chi connectivity index (χ1) is 11.5. The Morgan fingerprint density at radius 1 is 1.25 bits per heavy atom. The number of thioether (sulfide) groups is 1. The highest BCUT2D eigenvalue weighted by Crippen LogP contribution is 2.23. The van der Waals surface area contributed by atoms with Crippen LogP contribution in [0.2, 0.25) is 0 Å². The van der Waals surface area contributed by atoms with Gasteiger partial charge in [0.05, 0.1) is 12.1 Å². The summed E-state index contributed by atoms with van der Waals surface area (Å²) < 4.78 is 0. The van der Waals surface area contributed by atoms with Crippen molar-refractivity contribution in [1.29, 1.82) is 0 Å². The van der Waals surface area contributed by atoms with E-state index in [4.69, 9.17) is 5.11 Å². The Morgan fingerprint density at radius 3 is 2.79 bits per heavy atom. The van der Waals surface area contributed by atoms with Crippen LogP contribution >= 0.6 is 11.8 Å². The van der Waals surface area contributed by atoms with Gasteiger partial charge in [-0.25, -0.2) is 0 Å². The van der Waals surface area contributed by atoms with Gasteiger partial charge < -0.3 is 10.4 Å². The van der Waals surface area contributed by atoms with Crippen molar-refractivity contribution in [3.63, 3.8) is 0 Å². The highest BCUT2D eigenvalue weighted by molar-refractivity contribution is 8.15. The number of hydrogen-bond donors (Lipinski definition) is 2. The molecule has 122 valence electrons. The van der Waals surface area contributed by atoms with Crippen molar-refractivity contribution >= 4 is 45.3 Å². The molecule has 2 aromatic rings. The van der Waals surface area contributed by atoms with Gasteiger partial charge >= 0.3 is 5.97 Å². The zero-order valence-electron chi connectivity index (χ0n) is 12.9. The first-order valence-electron chi connectivity index (χ1n) is 7.34. The van der Waals surface area contributed by atoms with Crippen molar-refractivity contribution in [2.75, 3.05) is 0 Å². The molecule has 0 unspecified atom stereocenters. The van der Waals surface area contributed by atoms with E-state index in [1.165, 1.54) is 0 Å². The summed E-state index contributed by atoms with van der Waals surface area (Å²) in [7, 11) is 0. The number of carbonyl (C=O) groups is 2. The van der Waals surface area contributed by atoms with Crippen LogP contribution in [0.3, 0.4) is 0 Å². The van der Waals surface area contributed by atoms with E-state index in [-0.39, 0.29) is 12.3 Å². The van der Waals surface area contributed by atoms with Gasteiger partial charge in [-0.1, -0.05) is 54.2 Å². The third-order valence-electron chi connectivity index (χ3n) is 3.61. The van der Waals surface area contributed by atoms with Crippen LogP contribution in [0.25, 0.3) is 10.8 Å². The fraction of sp³-hybridized carbons (Fsp3) is 0.176. The van der Waals surface area contributed by atoms with Gasteiger partial charge in [-0.05, 0) is 17.7 Å². The number of benzene rings is 2. The van der Waals surface area contributed by atoms with E-state index in [0.29, 0.717) is 5.17 Å². The topological polar surface area (TPSA) is 91.1 Å². The van der Waals surface area contributed by atoms with E-state index >= 15 is 0 Å². The second-order valence-electron chi connectivity index (χ2n) is 5.31. The monoisotopic (exact) mass is 341 g/mol. The molecule has 0 aliphatic carbocycles. The maximum absolute atomic E-state index is 11.7. The average molecular weight is 341 g/mol. The van der Waals surface area contributed by atoms with E-state index in [0.717, 1.165) is 33.8 Å². The van der Waals surface area contributed by atoms with Crippen LogP contribution in [-0.4, -0.2) is 33.1 Å². The summed E-state index contributed by atoms with van der Waals surface area (Å²) >= 11 is 1.09. The third-order valence-corrected chi connectivity index (χ3v) is 4.68. The molecular weight excluding hydrogens is 326 g/mol. The Labute approximate surface area is 142 Å². The van der Waals surface area contributed by atoms with Crippen LogP contribution in [0.4, 0.5) is 0 Å². The summed E-state index contributed by atoms with van der Waals surface area (Å²) in [6.45, 7) is 1.85. The number of fused-ring (bicyclic) bond motifs is 1. The number of nitrogens with one attached hydrogen (secondary N) is 1. The number of nitrogens with zero attached hydrogens (tertiary/aromatic N) is 2. The number of carboxylic acid groups (broad SMARTS) is 1. The predicted octanol–water partition coefficient (Wildman–Crippen LogP) is 2.63. The molecule has 1 aliphatic heterocycles. The number of amidine groups is 1. The fourth-order valence-electron chi connectivity index (χ4n) is 2.46. The van der Waals surface area contributed by atoms with Gasteiger partial charge in [0.25, 0.3) is 0 Å². The zero-order chi connectivity index (χ0) is 17.1. The number of carboxylic acids is 1. The molecule has 0 bridgehead atoms. The van der Waals surface area contributed by atoms with E-state index in [2.05, 4.69) is 15.5 Å². The number of amides is 1. The Morgan fingerprint density at radius 2 is 2.00 bits per heavy atom. The lowest BCUT2D eigenvalue weighted by Crippen LogP contribution is -2.26. The molecule has 1 heterocycles. The summed E-state index contributed by atoms with van der Waals surface area (Å²) in [6.07, 6.45) is -0.235. The molecule has 0 radical (unpaired) electrons. The van der Waals surface area contributed by atoms with Gasteiger partial charge in [-0.2, -0.15) is 5.10 Å². The van der Waals surface area contributed by atoms with Gasteiger partial charge in [0.1, 0.15) is 5.25 Å². The molecule has 7 heteroatoms. The average Bonchev–Trinajstić information content (AvgIpc) is 2.91. The minimum atomic E-state index is -1.01. The van der Waals surface area contributed by atoms with Crippen molar-refractivity contribution < 1.29 is 14.7 Å². The number of carbonyl (C=O) groups excluding carboxylic acids is 1. The Bertz CT molecular complexity index is 871. The molecule has 1 saturated heterocycles. The molecule has 1 amide bonds. The number of aliphatic carboxylic acids is 1. The highest BCUT2D eigenvalue weighted by atomic mass is 32.2. The molecule has 1 aliphatic rings. The molecule has 6 nitrogen and oxygen atoms in total. The molecule has 1 atom stereocenters. The standard InChI is InChI=1S/C17H15N3O3S/c1-10(12-8-4-6-11-5-2-3-7-13(11)12)19-20-17-18-16(23)14(24-17)9-15(21)22/h2-8,14H,9H2,1H3,(H,21,22)(H,18,20,23)/t14-/m1/s1. The normalized spacial score (nSPS) is 19.7. The van der Waals surface area contributed by atoms with Crippen molar-refractivity contribution in [3.8, 4) is 0 Å². The first kappa shape index (κ1) is 16.2. The van der Waals surface area contributed by atoms with Crippen LogP contribution in [0.5, 0.6) is 0 Å². The van der Waals surface area contributed by atoms with Crippen molar-refractivity contribution in [2.24, 2.45) is 10.2 Å². The molecule has 2 aromatic carbocycles. The summed E-state index contributed by atoms with van der Waals surface area (Å²) in [6, 6.07) is 13.9. The van der Waals surface area contributed by atoms with Crippen molar-refractivity contribution in [3.05, 3.63) is 48.0 Å². The lowest BCUT2D eigenvalue weighted by Gasteiger charge is -2.04. The minimum Gasteiger partial charge on any atom is -0.481 e.